The van der Waals surface area contributed by atoms with Crippen molar-refractivity contribution < 1.29 is 25.9 Å². The molecular weight excluding hydrogens is 468 g/mol. The summed E-state index contributed by atoms with van der Waals surface area (Å²) in [5, 5.41) is 12.8. The Labute approximate surface area is 191 Å². The standard InChI is InChI=1S/C21H20N4O6S2/c1-13-14(2)20(23-15-4-8-17(9-5-15)32(26,27)28)24-21(19(13)12-22)25(3)16-6-10-18(11-7-16)33(29,30)31/h4-11H,1-3H3,(H,23,24)(H,26,27,28)(H,29,30,31). The van der Waals surface area contributed by atoms with E-state index in [0.29, 0.717) is 39.7 Å². The Bertz CT molecular complexity index is 1460. The number of rotatable bonds is 6. The van der Waals surface area contributed by atoms with E-state index in [-0.39, 0.29) is 9.79 Å². The maximum absolute atomic E-state index is 11.3. The highest BCUT2D eigenvalue weighted by Crippen LogP contribution is 2.33. The molecule has 12 heteroatoms. The van der Waals surface area contributed by atoms with Crippen LogP contribution in [-0.4, -0.2) is 38.0 Å². The minimum Gasteiger partial charge on any atom is -0.340 e. The van der Waals surface area contributed by atoms with Crippen molar-refractivity contribution in [1.82, 2.24) is 4.98 Å². The monoisotopic (exact) mass is 488 g/mol. The molecule has 10 nitrogen and oxygen atoms in total. The van der Waals surface area contributed by atoms with Crippen molar-refractivity contribution in [1.29, 1.82) is 5.26 Å². The van der Waals surface area contributed by atoms with Crippen LogP contribution in [0.25, 0.3) is 0 Å². The molecule has 0 radical (unpaired) electrons. The van der Waals surface area contributed by atoms with Crippen LogP contribution >= 0.6 is 0 Å². The van der Waals surface area contributed by atoms with Crippen LogP contribution in [0.1, 0.15) is 16.7 Å². The lowest BCUT2D eigenvalue weighted by Gasteiger charge is -2.23. The van der Waals surface area contributed by atoms with Gasteiger partial charge in [0.25, 0.3) is 20.2 Å². The molecule has 2 aromatic carbocycles. The Morgan fingerprint density at radius 2 is 1.36 bits per heavy atom. The first kappa shape index (κ1) is 24.1. The minimum absolute atomic E-state index is 0.248. The van der Waals surface area contributed by atoms with Crippen LogP contribution in [-0.2, 0) is 20.2 Å². The van der Waals surface area contributed by atoms with E-state index in [1.54, 1.807) is 25.8 Å². The van der Waals surface area contributed by atoms with Gasteiger partial charge in [0.1, 0.15) is 11.9 Å². The maximum Gasteiger partial charge on any atom is 0.294 e. The number of pyridine rings is 1. The fourth-order valence-electron chi connectivity index (χ4n) is 3.09. The van der Waals surface area contributed by atoms with E-state index in [1.807, 2.05) is 0 Å². The first-order valence-electron chi connectivity index (χ1n) is 9.40. The zero-order valence-corrected chi connectivity index (χ0v) is 19.4. The SMILES string of the molecule is Cc1c(Nc2ccc(S(=O)(=O)O)cc2)nc(N(C)c2ccc(S(=O)(=O)O)cc2)c(C#N)c1C. The second-order valence-electron chi connectivity index (χ2n) is 7.17. The molecule has 3 aromatic rings. The lowest BCUT2D eigenvalue weighted by Crippen LogP contribution is -2.16. The van der Waals surface area contributed by atoms with Crippen LogP contribution in [0.3, 0.4) is 0 Å². The summed E-state index contributed by atoms with van der Waals surface area (Å²) >= 11 is 0. The molecule has 0 atom stereocenters. The largest absolute Gasteiger partial charge is 0.340 e. The second-order valence-corrected chi connectivity index (χ2v) is 10.0. The van der Waals surface area contributed by atoms with Gasteiger partial charge in [-0.1, -0.05) is 0 Å². The second kappa shape index (κ2) is 8.80. The molecule has 0 unspecified atom stereocenters. The summed E-state index contributed by atoms with van der Waals surface area (Å²) in [6.45, 7) is 3.55. The zero-order valence-electron chi connectivity index (χ0n) is 17.8. The fourth-order valence-corrected chi connectivity index (χ4v) is 4.05. The summed E-state index contributed by atoms with van der Waals surface area (Å²) in [7, 11) is -7.00. The Morgan fingerprint density at radius 1 is 0.879 bits per heavy atom. The summed E-state index contributed by atoms with van der Waals surface area (Å²) in [6.07, 6.45) is 0. The van der Waals surface area contributed by atoms with Crippen molar-refractivity contribution in [3.8, 4) is 6.07 Å². The van der Waals surface area contributed by atoms with Crippen LogP contribution in [0.4, 0.5) is 23.0 Å². The van der Waals surface area contributed by atoms with E-state index in [1.165, 1.54) is 48.5 Å². The Hall–Kier alpha value is -3.50. The van der Waals surface area contributed by atoms with Gasteiger partial charge in [0, 0.05) is 18.4 Å². The van der Waals surface area contributed by atoms with Crippen molar-refractivity contribution in [2.75, 3.05) is 17.3 Å². The fraction of sp³-hybridized carbons (Fsp3) is 0.143. The molecule has 0 aliphatic rings. The third kappa shape index (κ3) is 5.12. The molecule has 0 spiro atoms. The van der Waals surface area contributed by atoms with Crippen molar-refractivity contribution >= 4 is 43.2 Å². The van der Waals surface area contributed by atoms with Crippen molar-refractivity contribution in [2.45, 2.75) is 23.6 Å². The highest BCUT2D eigenvalue weighted by atomic mass is 32.2. The molecule has 33 heavy (non-hydrogen) atoms. The van der Waals surface area contributed by atoms with Crippen molar-refractivity contribution in [3.63, 3.8) is 0 Å². The maximum atomic E-state index is 11.3. The predicted octanol–water partition coefficient (Wildman–Crippen LogP) is 3.58. The number of nitrogens with zero attached hydrogens (tertiary/aromatic N) is 3. The van der Waals surface area contributed by atoms with Gasteiger partial charge < -0.3 is 10.2 Å². The summed E-state index contributed by atoms with van der Waals surface area (Å²) < 4.78 is 63.4. The normalized spacial score (nSPS) is 11.6. The first-order chi connectivity index (χ1) is 15.3. The van der Waals surface area contributed by atoms with Crippen LogP contribution in [0.2, 0.25) is 0 Å². The average molecular weight is 489 g/mol. The van der Waals surface area contributed by atoms with Gasteiger partial charge in [0.05, 0.1) is 15.4 Å². The summed E-state index contributed by atoms with van der Waals surface area (Å²) in [6, 6.07) is 13.0. The summed E-state index contributed by atoms with van der Waals surface area (Å²) in [5.41, 5.74) is 2.72. The molecule has 0 amide bonds. The van der Waals surface area contributed by atoms with Gasteiger partial charge in [-0.25, -0.2) is 4.98 Å². The van der Waals surface area contributed by atoms with E-state index >= 15 is 0 Å². The highest BCUT2D eigenvalue weighted by molar-refractivity contribution is 7.86. The van der Waals surface area contributed by atoms with Gasteiger partial charge in [0.2, 0.25) is 0 Å². The van der Waals surface area contributed by atoms with Crippen LogP contribution in [0.5, 0.6) is 0 Å². The minimum atomic E-state index is -4.34. The summed E-state index contributed by atoms with van der Waals surface area (Å²) in [5.74, 6) is 0.722. The van der Waals surface area contributed by atoms with Crippen LogP contribution < -0.4 is 10.2 Å². The number of anilines is 4. The first-order valence-corrected chi connectivity index (χ1v) is 12.3. The molecule has 0 aliphatic heterocycles. The Balaban J connectivity index is 2.03. The van der Waals surface area contributed by atoms with E-state index < -0.39 is 20.2 Å². The lowest BCUT2D eigenvalue weighted by molar-refractivity contribution is 0.481. The molecule has 1 aromatic heterocycles. The number of aromatic nitrogens is 1. The Morgan fingerprint density at radius 3 is 1.82 bits per heavy atom. The number of nitriles is 1. The van der Waals surface area contributed by atoms with E-state index in [2.05, 4.69) is 16.4 Å². The van der Waals surface area contributed by atoms with Crippen molar-refractivity contribution in [2.24, 2.45) is 0 Å². The van der Waals surface area contributed by atoms with Gasteiger partial charge in [0.15, 0.2) is 5.82 Å². The number of hydrogen-bond donors (Lipinski definition) is 3. The van der Waals surface area contributed by atoms with Gasteiger partial charge >= 0.3 is 0 Å². The highest BCUT2D eigenvalue weighted by Gasteiger charge is 2.19. The molecule has 3 N–H and O–H groups in total. The molecule has 0 fully saturated rings. The average Bonchev–Trinajstić information content (AvgIpc) is 2.75. The van der Waals surface area contributed by atoms with Gasteiger partial charge in [-0.05, 0) is 73.5 Å². The smallest absolute Gasteiger partial charge is 0.294 e. The number of benzene rings is 2. The summed E-state index contributed by atoms with van der Waals surface area (Å²) in [4.78, 5) is 5.67. The zero-order chi connectivity index (χ0) is 24.6. The quantitative estimate of drug-likeness (QED) is 0.437. The molecule has 3 rings (SSSR count). The predicted molar refractivity (Wildman–Crippen MR) is 122 cm³/mol. The third-order valence-corrected chi connectivity index (χ3v) is 6.84. The molecule has 1 heterocycles. The van der Waals surface area contributed by atoms with E-state index in [4.69, 9.17) is 4.55 Å². The van der Waals surface area contributed by atoms with Gasteiger partial charge in [-0.15, -0.1) is 0 Å². The van der Waals surface area contributed by atoms with Crippen LogP contribution in [0, 0.1) is 25.2 Å². The van der Waals surface area contributed by atoms with Crippen LogP contribution in [0.15, 0.2) is 58.3 Å². The third-order valence-electron chi connectivity index (χ3n) is 5.10. The Kier molecular flexibility index (Phi) is 6.44. The molecule has 0 aliphatic carbocycles. The topological polar surface area (TPSA) is 161 Å². The lowest BCUT2D eigenvalue weighted by atomic mass is 10.0. The number of nitrogens with one attached hydrogen (secondary N) is 1. The molecular formula is C21H20N4O6S2. The molecule has 0 bridgehead atoms. The molecule has 172 valence electrons. The molecule has 0 saturated carbocycles. The van der Waals surface area contributed by atoms with E-state index in [0.717, 1.165) is 0 Å². The van der Waals surface area contributed by atoms with Crippen molar-refractivity contribution in [3.05, 3.63) is 65.2 Å². The van der Waals surface area contributed by atoms with Gasteiger partial charge in [-0.3, -0.25) is 9.11 Å². The van der Waals surface area contributed by atoms with E-state index in [9.17, 15) is 26.7 Å². The number of hydrogen-bond acceptors (Lipinski definition) is 8. The van der Waals surface area contributed by atoms with Gasteiger partial charge in [-0.2, -0.15) is 22.1 Å². The molecule has 0 saturated heterocycles.